The van der Waals surface area contributed by atoms with Crippen LogP contribution in [0.2, 0.25) is 0 Å². The molecule has 0 saturated heterocycles. The van der Waals surface area contributed by atoms with Gasteiger partial charge in [-0.05, 0) is 57.9 Å². The van der Waals surface area contributed by atoms with Crippen LogP contribution in [0.3, 0.4) is 0 Å². The fourth-order valence-electron chi connectivity index (χ4n) is 4.05. The Morgan fingerprint density at radius 2 is 1.62 bits per heavy atom. The van der Waals surface area contributed by atoms with Gasteiger partial charge in [-0.2, -0.15) is 0 Å². The Labute approximate surface area is 148 Å². The number of aliphatic hydroxyl groups is 1. The first-order chi connectivity index (χ1) is 11.4. The molecule has 0 amide bonds. The highest BCUT2D eigenvalue weighted by Crippen LogP contribution is 2.42. The molecule has 1 aliphatic carbocycles. The van der Waals surface area contributed by atoms with Gasteiger partial charge in [-0.25, -0.2) is 0 Å². The van der Waals surface area contributed by atoms with Gasteiger partial charge < -0.3 is 10.0 Å². The molecule has 2 rings (SSSR count). The topological polar surface area (TPSA) is 24.7 Å². The second-order valence-corrected chi connectivity index (χ2v) is 7.86. The maximum atomic E-state index is 11.5. The smallest absolute Gasteiger partial charge is 0.139 e. The molecule has 0 heterocycles. The Balaban J connectivity index is 2.11. The second kappa shape index (κ2) is 8.70. The molecule has 132 valence electrons. The van der Waals surface area contributed by atoms with Crippen molar-refractivity contribution in [1.82, 2.24) is 0 Å². The second-order valence-electron chi connectivity index (χ2n) is 7.86. The van der Waals surface area contributed by atoms with Crippen molar-refractivity contribution in [2.24, 2.45) is 5.92 Å². The molecule has 1 fully saturated rings. The Kier molecular flexibility index (Phi) is 6.90. The summed E-state index contributed by atoms with van der Waals surface area (Å²) < 4.78 is 0. The molecule has 1 aliphatic rings. The molecule has 24 heavy (non-hydrogen) atoms. The highest BCUT2D eigenvalue weighted by atomic mass is 16.3. The third-order valence-corrected chi connectivity index (χ3v) is 5.56. The molecule has 0 spiro atoms. The molecule has 1 atom stereocenters. The zero-order valence-electron chi connectivity index (χ0n) is 15.8. The van der Waals surface area contributed by atoms with E-state index >= 15 is 0 Å². The van der Waals surface area contributed by atoms with E-state index in [2.05, 4.69) is 51.7 Å². The summed E-state index contributed by atoms with van der Waals surface area (Å²) in [4.78, 5) is 1.51. The molecule has 2 heteroatoms. The van der Waals surface area contributed by atoms with Crippen molar-refractivity contribution in [2.75, 3.05) is 6.54 Å². The van der Waals surface area contributed by atoms with Crippen molar-refractivity contribution in [1.29, 1.82) is 0 Å². The summed E-state index contributed by atoms with van der Waals surface area (Å²) in [6, 6.07) is 11.3. The first kappa shape index (κ1) is 19.0. The Morgan fingerprint density at radius 3 is 2.17 bits per heavy atom. The normalized spacial score (nSPS) is 18.0. The van der Waals surface area contributed by atoms with Gasteiger partial charge in [-0.1, -0.05) is 49.1 Å². The molecule has 1 aromatic rings. The van der Waals surface area contributed by atoms with Gasteiger partial charge in [0.05, 0.1) is 12.1 Å². The van der Waals surface area contributed by atoms with Crippen LogP contribution in [0.15, 0.2) is 30.3 Å². The summed E-state index contributed by atoms with van der Waals surface area (Å²) in [6.07, 6.45) is 5.23. The van der Waals surface area contributed by atoms with Gasteiger partial charge in [-0.3, -0.25) is 0 Å². The van der Waals surface area contributed by atoms with Gasteiger partial charge in [0, 0.05) is 6.42 Å². The van der Waals surface area contributed by atoms with E-state index in [1.165, 1.54) is 17.7 Å². The van der Waals surface area contributed by atoms with E-state index < -0.39 is 5.60 Å². The van der Waals surface area contributed by atoms with Crippen LogP contribution in [0.25, 0.3) is 0 Å². The number of hydrogen-bond acceptors (Lipinski definition) is 1. The molecule has 0 unspecified atom stereocenters. The molecule has 1 saturated carbocycles. The monoisotopic (exact) mass is 328 g/mol. The molecule has 2 nitrogen and oxygen atoms in total. The standard InChI is InChI=1S/C22H33NO/c1-18(2)23(19(3)4)17-11-10-16-22(24,21-14-8-9-15-21)20-12-6-5-7-13-20/h5-7,12-13,18-19,21,24H,8-9,14-17H2,1-4H3/p+1/t22-/m0/s1. The minimum absolute atomic E-state index is 0.341. The summed E-state index contributed by atoms with van der Waals surface area (Å²) in [5.74, 6) is 7.01. The van der Waals surface area contributed by atoms with E-state index in [0.29, 0.717) is 24.4 Å². The van der Waals surface area contributed by atoms with Crippen molar-refractivity contribution >= 4 is 0 Å². The van der Waals surface area contributed by atoms with Gasteiger partial charge in [0.1, 0.15) is 12.1 Å². The molecule has 2 N–H and O–H groups in total. The lowest BCUT2D eigenvalue weighted by Gasteiger charge is -2.33. The fourth-order valence-corrected chi connectivity index (χ4v) is 4.05. The fraction of sp³-hybridized carbons (Fsp3) is 0.636. The van der Waals surface area contributed by atoms with Gasteiger partial charge in [0.15, 0.2) is 0 Å². The van der Waals surface area contributed by atoms with Crippen LogP contribution in [0.4, 0.5) is 0 Å². The van der Waals surface area contributed by atoms with Crippen LogP contribution >= 0.6 is 0 Å². The predicted molar refractivity (Wildman–Crippen MR) is 101 cm³/mol. The van der Waals surface area contributed by atoms with Crippen molar-refractivity contribution in [3.05, 3.63) is 35.9 Å². The lowest BCUT2D eigenvalue weighted by molar-refractivity contribution is -0.935. The average molecular weight is 329 g/mol. The summed E-state index contributed by atoms with van der Waals surface area (Å²) in [5.41, 5.74) is 0.240. The van der Waals surface area contributed by atoms with E-state index in [0.717, 1.165) is 24.9 Å². The summed E-state index contributed by atoms with van der Waals surface area (Å²) in [5, 5.41) is 11.5. The van der Waals surface area contributed by atoms with Crippen molar-refractivity contribution in [2.45, 2.75) is 77.5 Å². The minimum atomic E-state index is -0.791. The summed E-state index contributed by atoms with van der Waals surface area (Å²) in [7, 11) is 0. The third-order valence-electron chi connectivity index (χ3n) is 5.56. The molecular weight excluding hydrogens is 294 g/mol. The average Bonchev–Trinajstić information content (AvgIpc) is 3.09. The zero-order valence-corrected chi connectivity index (χ0v) is 15.8. The first-order valence-electron chi connectivity index (χ1n) is 9.54. The van der Waals surface area contributed by atoms with Crippen LogP contribution in [0, 0.1) is 17.8 Å². The first-order valence-corrected chi connectivity index (χ1v) is 9.54. The Hall–Kier alpha value is -1.30. The summed E-state index contributed by atoms with van der Waals surface area (Å²) >= 11 is 0. The van der Waals surface area contributed by atoms with Gasteiger partial charge in [-0.15, -0.1) is 0 Å². The van der Waals surface area contributed by atoms with Crippen LogP contribution < -0.4 is 4.90 Å². The van der Waals surface area contributed by atoms with E-state index in [1.54, 1.807) is 0 Å². The van der Waals surface area contributed by atoms with Crippen molar-refractivity contribution in [3.63, 3.8) is 0 Å². The quantitative estimate of drug-likeness (QED) is 0.771. The largest absolute Gasteiger partial charge is 0.384 e. The summed E-state index contributed by atoms with van der Waals surface area (Å²) in [6.45, 7) is 9.84. The predicted octanol–water partition coefficient (Wildman–Crippen LogP) is 3.16. The Morgan fingerprint density at radius 1 is 1.04 bits per heavy atom. The lowest BCUT2D eigenvalue weighted by atomic mass is 9.78. The molecule has 0 bridgehead atoms. The number of hydrogen-bond donors (Lipinski definition) is 2. The molecule has 0 aromatic heterocycles. The molecule has 1 aromatic carbocycles. The maximum Gasteiger partial charge on any atom is 0.139 e. The van der Waals surface area contributed by atoms with Crippen LogP contribution in [0.1, 0.15) is 65.4 Å². The van der Waals surface area contributed by atoms with Crippen molar-refractivity contribution in [3.8, 4) is 11.8 Å². The zero-order chi connectivity index (χ0) is 17.6. The third kappa shape index (κ3) is 4.62. The minimum Gasteiger partial charge on any atom is -0.384 e. The number of nitrogens with one attached hydrogen (secondary N) is 1. The van der Waals surface area contributed by atoms with Crippen LogP contribution in [0.5, 0.6) is 0 Å². The van der Waals surface area contributed by atoms with E-state index in [4.69, 9.17) is 0 Å². The van der Waals surface area contributed by atoms with E-state index in [9.17, 15) is 5.11 Å². The van der Waals surface area contributed by atoms with E-state index in [-0.39, 0.29) is 0 Å². The maximum absolute atomic E-state index is 11.5. The molecule has 0 radical (unpaired) electrons. The van der Waals surface area contributed by atoms with Crippen molar-refractivity contribution < 1.29 is 10.0 Å². The highest BCUT2D eigenvalue weighted by Gasteiger charge is 2.39. The lowest BCUT2D eigenvalue weighted by Crippen LogP contribution is -3.17. The number of quaternary nitrogens is 1. The van der Waals surface area contributed by atoms with E-state index in [1.807, 2.05) is 18.2 Å². The SMILES string of the molecule is CC(C)[NH+](CC#CC[C@](O)(c1ccccc1)C1CCCC1)C(C)C. The van der Waals surface area contributed by atoms with Gasteiger partial charge in [0.25, 0.3) is 0 Å². The van der Waals surface area contributed by atoms with Crippen LogP contribution in [-0.2, 0) is 5.60 Å². The van der Waals surface area contributed by atoms with Gasteiger partial charge in [0.2, 0.25) is 0 Å². The van der Waals surface area contributed by atoms with Gasteiger partial charge >= 0.3 is 0 Å². The number of rotatable bonds is 6. The molecule has 0 aliphatic heterocycles. The number of benzene rings is 1. The molecular formula is C22H34NO+. The highest BCUT2D eigenvalue weighted by molar-refractivity contribution is 5.26. The van der Waals surface area contributed by atoms with Crippen LogP contribution in [-0.4, -0.2) is 23.7 Å². The Bertz CT molecular complexity index is 540.